The number of carboxylic acids is 1. The van der Waals surface area contributed by atoms with Gasteiger partial charge >= 0.3 is 5.97 Å². The summed E-state index contributed by atoms with van der Waals surface area (Å²) in [4.78, 5) is 12.7. The Bertz CT molecular complexity index is 423. The topological polar surface area (TPSA) is 49.8 Å². The highest BCUT2D eigenvalue weighted by Gasteiger charge is 2.14. The molecule has 1 aromatic carbocycles. The number of ether oxygens (including phenoxy) is 1. The Kier molecular flexibility index (Phi) is 5.47. The van der Waals surface area contributed by atoms with E-state index in [4.69, 9.17) is 9.84 Å². The van der Waals surface area contributed by atoms with E-state index >= 15 is 0 Å². The van der Waals surface area contributed by atoms with Crippen LogP contribution in [0, 0.1) is 5.92 Å². The number of carbonyl (C=O) groups is 1. The largest absolute Gasteiger partial charge is 0.495 e. The van der Waals surface area contributed by atoms with E-state index in [0.717, 1.165) is 15.9 Å². The average molecular weight is 316 g/mol. The van der Waals surface area contributed by atoms with Gasteiger partial charge < -0.3 is 14.7 Å². The summed E-state index contributed by atoms with van der Waals surface area (Å²) in [6.07, 6.45) is 0.167. The molecule has 0 fully saturated rings. The highest BCUT2D eigenvalue weighted by Crippen LogP contribution is 2.31. The molecule has 0 amide bonds. The SMILES string of the molecule is COc1ccc(Br)cc1N(C)CC(C)CC(=O)O. The summed E-state index contributed by atoms with van der Waals surface area (Å²) in [6.45, 7) is 2.59. The number of aliphatic carboxylic acids is 1. The summed E-state index contributed by atoms with van der Waals surface area (Å²) in [7, 11) is 3.56. The van der Waals surface area contributed by atoms with Crippen molar-refractivity contribution in [1.29, 1.82) is 0 Å². The molecule has 1 rings (SSSR count). The quantitative estimate of drug-likeness (QED) is 0.876. The lowest BCUT2D eigenvalue weighted by Gasteiger charge is -2.24. The predicted molar refractivity (Wildman–Crippen MR) is 75.4 cm³/mol. The van der Waals surface area contributed by atoms with E-state index in [-0.39, 0.29) is 12.3 Å². The molecule has 0 bridgehead atoms. The maximum atomic E-state index is 10.7. The molecule has 0 aliphatic heterocycles. The molecule has 0 aliphatic rings. The van der Waals surface area contributed by atoms with E-state index in [2.05, 4.69) is 15.9 Å². The Labute approximate surface area is 116 Å². The van der Waals surface area contributed by atoms with Crippen molar-refractivity contribution in [1.82, 2.24) is 0 Å². The lowest BCUT2D eigenvalue weighted by molar-refractivity contribution is -0.137. The van der Waals surface area contributed by atoms with Crippen molar-refractivity contribution >= 4 is 27.6 Å². The van der Waals surface area contributed by atoms with Crippen LogP contribution in [-0.4, -0.2) is 31.8 Å². The van der Waals surface area contributed by atoms with Crippen LogP contribution in [0.4, 0.5) is 5.69 Å². The zero-order valence-electron chi connectivity index (χ0n) is 10.8. The number of halogens is 1. The van der Waals surface area contributed by atoms with Crippen LogP contribution < -0.4 is 9.64 Å². The monoisotopic (exact) mass is 315 g/mol. The van der Waals surface area contributed by atoms with Crippen LogP contribution in [0.15, 0.2) is 22.7 Å². The third-order valence-electron chi connectivity index (χ3n) is 2.66. The van der Waals surface area contributed by atoms with Crippen molar-refractivity contribution in [3.8, 4) is 5.75 Å². The van der Waals surface area contributed by atoms with Gasteiger partial charge in [-0.2, -0.15) is 0 Å². The second kappa shape index (κ2) is 6.64. The smallest absolute Gasteiger partial charge is 0.303 e. The minimum atomic E-state index is -0.767. The number of hydrogen-bond donors (Lipinski definition) is 1. The molecule has 4 nitrogen and oxygen atoms in total. The number of anilines is 1. The van der Waals surface area contributed by atoms with Gasteiger partial charge in [0.15, 0.2) is 0 Å². The molecule has 0 saturated heterocycles. The normalized spacial score (nSPS) is 12.0. The first kappa shape index (κ1) is 14.8. The van der Waals surface area contributed by atoms with Crippen molar-refractivity contribution in [2.45, 2.75) is 13.3 Å². The van der Waals surface area contributed by atoms with E-state index in [1.807, 2.05) is 37.1 Å². The lowest BCUT2D eigenvalue weighted by Crippen LogP contribution is -2.25. The molecule has 0 aromatic heterocycles. The number of hydrogen-bond acceptors (Lipinski definition) is 3. The maximum absolute atomic E-state index is 10.7. The zero-order valence-corrected chi connectivity index (χ0v) is 12.4. The first-order valence-electron chi connectivity index (χ1n) is 5.70. The van der Waals surface area contributed by atoms with Crippen LogP contribution in [0.5, 0.6) is 5.75 Å². The van der Waals surface area contributed by atoms with Crippen LogP contribution in [0.2, 0.25) is 0 Å². The van der Waals surface area contributed by atoms with Crippen LogP contribution in [-0.2, 0) is 4.79 Å². The van der Waals surface area contributed by atoms with E-state index in [0.29, 0.717) is 6.54 Å². The fourth-order valence-electron chi connectivity index (χ4n) is 1.89. The zero-order chi connectivity index (χ0) is 13.7. The molecule has 0 heterocycles. The minimum absolute atomic E-state index is 0.0798. The van der Waals surface area contributed by atoms with Gasteiger partial charge in [0.1, 0.15) is 5.75 Å². The van der Waals surface area contributed by atoms with Crippen molar-refractivity contribution in [3.05, 3.63) is 22.7 Å². The Morgan fingerprint density at radius 3 is 2.78 bits per heavy atom. The molecule has 0 aliphatic carbocycles. The fraction of sp³-hybridized carbons (Fsp3) is 0.462. The average Bonchev–Trinajstić information content (AvgIpc) is 2.27. The third-order valence-corrected chi connectivity index (χ3v) is 3.15. The van der Waals surface area contributed by atoms with Crippen LogP contribution in [0.3, 0.4) is 0 Å². The summed E-state index contributed by atoms with van der Waals surface area (Å²) in [5.41, 5.74) is 0.948. The van der Waals surface area contributed by atoms with Crippen LogP contribution in [0.1, 0.15) is 13.3 Å². The number of benzene rings is 1. The first-order valence-corrected chi connectivity index (χ1v) is 6.49. The summed E-state index contributed by atoms with van der Waals surface area (Å²) in [5.74, 6) is 0.0940. The van der Waals surface area contributed by atoms with Gasteiger partial charge in [-0.05, 0) is 24.1 Å². The summed E-state index contributed by atoms with van der Waals surface area (Å²) < 4.78 is 6.27. The molecule has 1 N–H and O–H groups in total. The van der Waals surface area contributed by atoms with E-state index in [1.165, 1.54) is 0 Å². The number of rotatable bonds is 6. The van der Waals surface area contributed by atoms with Gasteiger partial charge in [-0.1, -0.05) is 22.9 Å². The Hall–Kier alpha value is -1.23. The molecule has 18 heavy (non-hydrogen) atoms. The summed E-state index contributed by atoms with van der Waals surface area (Å²) in [6, 6.07) is 5.76. The van der Waals surface area contributed by atoms with Crippen LogP contribution in [0.25, 0.3) is 0 Å². The van der Waals surface area contributed by atoms with Gasteiger partial charge in [0.05, 0.1) is 12.8 Å². The van der Waals surface area contributed by atoms with Gasteiger partial charge in [-0.25, -0.2) is 0 Å². The molecule has 1 aromatic rings. The van der Waals surface area contributed by atoms with Gasteiger partial charge in [0, 0.05) is 24.5 Å². The Balaban J connectivity index is 2.79. The molecule has 5 heteroatoms. The van der Waals surface area contributed by atoms with Crippen LogP contribution >= 0.6 is 15.9 Å². The fourth-order valence-corrected chi connectivity index (χ4v) is 2.24. The van der Waals surface area contributed by atoms with Gasteiger partial charge in [-0.15, -0.1) is 0 Å². The second-order valence-electron chi connectivity index (χ2n) is 4.40. The highest BCUT2D eigenvalue weighted by molar-refractivity contribution is 9.10. The van der Waals surface area contributed by atoms with Crippen molar-refractivity contribution in [3.63, 3.8) is 0 Å². The Morgan fingerprint density at radius 1 is 1.56 bits per heavy atom. The summed E-state index contributed by atoms with van der Waals surface area (Å²) in [5, 5.41) is 8.76. The first-order chi connectivity index (χ1) is 8.43. The standard InChI is InChI=1S/C13H18BrNO3/c1-9(6-13(16)17)8-15(2)11-7-10(14)4-5-12(11)18-3/h4-5,7,9H,6,8H2,1-3H3,(H,16,17). The minimum Gasteiger partial charge on any atom is -0.495 e. The molecule has 1 unspecified atom stereocenters. The Morgan fingerprint density at radius 2 is 2.22 bits per heavy atom. The van der Waals surface area contributed by atoms with E-state index in [9.17, 15) is 4.79 Å². The highest BCUT2D eigenvalue weighted by atomic mass is 79.9. The number of carboxylic acid groups (broad SMARTS) is 1. The van der Waals surface area contributed by atoms with Gasteiger partial charge in [0.2, 0.25) is 0 Å². The number of methoxy groups -OCH3 is 1. The molecule has 0 radical (unpaired) electrons. The van der Waals surface area contributed by atoms with Crippen molar-refractivity contribution in [2.24, 2.45) is 5.92 Å². The second-order valence-corrected chi connectivity index (χ2v) is 5.32. The van der Waals surface area contributed by atoms with E-state index in [1.54, 1.807) is 7.11 Å². The van der Waals surface area contributed by atoms with Crippen molar-refractivity contribution in [2.75, 3.05) is 25.6 Å². The van der Waals surface area contributed by atoms with Gasteiger partial charge in [-0.3, -0.25) is 4.79 Å². The van der Waals surface area contributed by atoms with Gasteiger partial charge in [0.25, 0.3) is 0 Å². The predicted octanol–water partition coefficient (Wildman–Crippen LogP) is 3.00. The van der Waals surface area contributed by atoms with Crippen molar-refractivity contribution < 1.29 is 14.6 Å². The molecular formula is C13H18BrNO3. The molecule has 0 saturated carbocycles. The lowest BCUT2D eigenvalue weighted by atomic mass is 10.1. The van der Waals surface area contributed by atoms with E-state index < -0.39 is 5.97 Å². The molecule has 0 spiro atoms. The summed E-state index contributed by atoms with van der Waals surface area (Å²) >= 11 is 3.42. The molecule has 1 atom stereocenters. The maximum Gasteiger partial charge on any atom is 0.303 e. The molecular weight excluding hydrogens is 298 g/mol. The third kappa shape index (κ3) is 4.22. The molecule has 100 valence electrons. The number of nitrogens with zero attached hydrogens (tertiary/aromatic N) is 1.